The van der Waals surface area contributed by atoms with Gasteiger partial charge in [0.25, 0.3) is 0 Å². The number of methoxy groups -OCH3 is 2. The molecular formula is C23H17FO3. The second kappa shape index (κ2) is 6.72. The maximum atomic E-state index is 13.5. The summed E-state index contributed by atoms with van der Waals surface area (Å²) in [6.45, 7) is 0. The first-order valence-corrected chi connectivity index (χ1v) is 8.51. The minimum absolute atomic E-state index is 0.0971. The van der Waals surface area contributed by atoms with Crippen molar-refractivity contribution in [2.24, 2.45) is 0 Å². The fourth-order valence-electron chi connectivity index (χ4n) is 3.53. The van der Waals surface area contributed by atoms with Crippen molar-refractivity contribution in [2.75, 3.05) is 14.2 Å². The molecule has 0 saturated heterocycles. The molecule has 0 aromatic heterocycles. The Labute approximate surface area is 156 Å². The van der Waals surface area contributed by atoms with Crippen molar-refractivity contribution in [3.63, 3.8) is 0 Å². The predicted molar refractivity (Wildman–Crippen MR) is 103 cm³/mol. The topological polar surface area (TPSA) is 35.5 Å². The molecule has 4 rings (SSSR count). The zero-order valence-corrected chi connectivity index (χ0v) is 15.0. The van der Waals surface area contributed by atoms with Crippen LogP contribution in [0.1, 0.15) is 27.0 Å². The number of ketones is 1. The van der Waals surface area contributed by atoms with Gasteiger partial charge in [0.15, 0.2) is 5.78 Å². The van der Waals surface area contributed by atoms with E-state index in [1.165, 1.54) is 12.1 Å². The Hall–Kier alpha value is -3.40. The molecule has 134 valence electrons. The molecule has 4 heteroatoms. The number of carbonyl (C=O) groups excluding carboxylic acids is 1. The molecule has 0 saturated carbocycles. The van der Waals surface area contributed by atoms with Crippen molar-refractivity contribution >= 4 is 16.9 Å². The van der Waals surface area contributed by atoms with Gasteiger partial charge in [-0.25, -0.2) is 4.39 Å². The van der Waals surface area contributed by atoms with Gasteiger partial charge in [0.1, 0.15) is 17.3 Å². The number of carbonyl (C=O) groups is 1. The van der Waals surface area contributed by atoms with Crippen LogP contribution in [0.25, 0.3) is 11.1 Å². The van der Waals surface area contributed by atoms with Crippen LogP contribution >= 0.6 is 0 Å². The lowest BCUT2D eigenvalue weighted by Crippen LogP contribution is -2.00. The lowest BCUT2D eigenvalue weighted by Gasteiger charge is -2.16. The fourth-order valence-corrected chi connectivity index (χ4v) is 3.53. The summed E-state index contributed by atoms with van der Waals surface area (Å²) in [4.78, 5) is 13.2. The van der Waals surface area contributed by atoms with E-state index in [4.69, 9.17) is 9.47 Å². The summed E-state index contributed by atoms with van der Waals surface area (Å²) in [5, 5.41) is 0. The molecule has 0 amide bonds. The quantitative estimate of drug-likeness (QED) is 0.657. The molecule has 0 atom stereocenters. The SMILES string of the molecule is COc1cccc(OC)c1C1=C(c2ccc(F)cc2)C(=O)c2ccccc21. The van der Waals surface area contributed by atoms with E-state index in [0.717, 1.165) is 11.1 Å². The van der Waals surface area contributed by atoms with Gasteiger partial charge in [0.2, 0.25) is 0 Å². The lowest BCUT2D eigenvalue weighted by molar-refractivity contribution is 0.105. The Balaban J connectivity index is 2.10. The van der Waals surface area contributed by atoms with E-state index in [1.807, 2.05) is 36.4 Å². The molecule has 0 bridgehead atoms. The molecule has 0 unspecified atom stereocenters. The highest BCUT2D eigenvalue weighted by molar-refractivity contribution is 6.41. The first-order chi connectivity index (χ1) is 13.2. The minimum Gasteiger partial charge on any atom is -0.496 e. The van der Waals surface area contributed by atoms with Crippen molar-refractivity contribution in [3.8, 4) is 11.5 Å². The van der Waals surface area contributed by atoms with Crippen LogP contribution in [0.3, 0.4) is 0 Å². The summed E-state index contributed by atoms with van der Waals surface area (Å²) in [7, 11) is 3.16. The summed E-state index contributed by atoms with van der Waals surface area (Å²) in [5.74, 6) is 0.765. The van der Waals surface area contributed by atoms with E-state index < -0.39 is 0 Å². The summed E-state index contributed by atoms with van der Waals surface area (Å²) < 4.78 is 24.6. The van der Waals surface area contributed by atoms with Crippen LogP contribution in [0.4, 0.5) is 4.39 Å². The highest BCUT2D eigenvalue weighted by Crippen LogP contribution is 2.47. The molecule has 0 fully saturated rings. The van der Waals surface area contributed by atoms with Gasteiger partial charge in [0, 0.05) is 16.7 Å². The van der Waals surface area contributed by atoms with Gasteiger partial charge in [-0.2, -0.15) is 0 Å². The molecule has 27 heavy (non-hydrogen) atoms. The van der Waals surface area contributed by atoms with Gasteiger partial charge in [-0.05, 0) is 35.4 Å². The average molecular weight is 360 g/mol. The number of hydrogen-bond donors (Lipinski definition) is 0. The van der Waals surface area contributed by atoms with Gasteiger partial charge in [-0.3, -0.25) is 4.79 Å². The van der Waals surface area contributed by atoms with Crippen molar-refractivity contribution in [2.45, 2.75) is 0 Å². The number of ether oxygens (including phenoxy) is 2. The Bertz CT molecular complexity index is 1040. The maximum absolute atomic E-state index is 13.5. The molecule has 0 N–H and O–H groups in total. The van der Waals surface area contributed by atoms with Gasteiger partial charge >= 0.3 is 0 Å². The molecule has 3 nitrogen and oxygen atoms in total. The molecule has 0 spiro atoms. The maximum Gasteiger partial charge on any atom is 0.194 e. The molecule has 3 aromatic carbocycles. The smallest absolute Gasteiger partial charge is 0.194 e. The van der Waals surface area contributed by atoms with Crippen molar-refractivity contribution < 1.29 is 18.7 Å². The van der Waals surface area contributed by atoms with Crippen LogP contribution in [0.15, 0.2) is 66.7 Å². The monoisotopic (exact) mass is 360 g/mol. The van der Waals surface area contributed by atoms with Crippen LogP contribution in [-0.2, 0) is 0 Å². The summed E-state index contributed by atoms with van der Waals surface area (Å²) in [6, 6.07) is 18.9. The summed E-state index contributed by atoms with van der Waals surface area (Å²) >= 11 is 0. The van der Waals surface area contributed by atoms with Crippen molar-refractivity contribution in [3.05, 3.63) is 94.8 Å². The first-order valence-electron chi connectivity index (χ1n) is 8.51. The predicted octanol–water partition coefficient (Wildman–Crippen LogP) is 5.00. The van der Waals surface area contributed by atoms with Gasteiger partial charge in [-0.1, -0.05) is 42.5 Å². The van der Waals surface area contributed by atoms with Crippen LogP contribution in [0.2, 0.25) is 0 Å². The van der Waals surface area contributed by atoms with Gasteiger partial charge in [0.05, 0.1) is 19.8 Å². The number of Topliss-reactive ketones (excluding diaryl/α,β-unsaturated/α-hetero) is 1. The third-order valence-electron chi connectivity index (χ3n) is 4.73. The fraction of sp³-hybridized carbons (Fsp3) is 0.0870. The lowest BCUT2D eigenvalue weighted by atomic mass is 9.93. The highest BCUT2D eigenvalue weighted by atomic mass is 19.1. The molecule has 3 aromatic rings. The zero-order chi connectivity index (χ0) is 19.0. The highest BCUT2D eigenvalue weighted by Gasteiger charge is 2.33. The van der Waals surface area contributed by atoms with E-state index in [9.17, 15) is 9.18 Å². The van der Waals surface area contributed by atoms with E-state index in [2.05, 4.69) is 0 Å². The van der Waals surface area contributed by atoms with Crippen LogP contribution in [-0.4, -0.2) is 20.0 Å². The number of rotatable bonds is 4. The normalized spacial score (nSPS) is 12.9. The van der Waals surface area contributed by atoms with Crippen LogP contribution < -0.4 is 9.47 Å². The Kier molecular flexibility index (Phi) is 4.24. The number of benzene rings is 3. The van der Waals surface area contributed by atoms with Crippen molar-refractivity contribution in [1.29, 1.82) is 0 Å². The summed E-state index contributed by atoms with van der Waals surface area (Å²) in [6.07, 6.45) is 0. The minimum atomic E-state index is -0.348. The summed E-state index contributed by atoms with van der Waals surface area (Å²) in [5.41, 5.74) is 4.03. The van der Waals surface area contributed by atoms with E-state index in [0.29, 0.717) is 33.8 Å². The molecule has 1 aliphatic carbocycles. The second-order valence-corrected chi connectivity index (χ2v) is 6.17. The molecule has 0 aliphatic heterocycles. The molecule has 1 aliphatic rings. The number of halogens is 1. The standard InChI is InChI=1S/C23H17FO3/c1-26-18-8-5-9-19(27-2)22(18)21-16-6-3-4-7-17(16)23(25)20(21)14-10-12-15(24)13-11-14/h3-13H,1-2H3. The Morgan fingerprint density at radius 3 is 1.89 bits per heavy atom. The van der Waals surface area contributed by atoms with Crippen molar-refractivity contribution in [1.82, 2.24) is 0 Å². The number of fused-ring (bicyclic) bond motifs is 1. The molecule has 0 radical (unpaired) electrons. The van der Waals surface area contributed by atoms with Gasteiger partial charge in [-0.15, -0.1) is 0 Å². The van der Waals surface area contributed by atoms with E-state index in [-0.39, 0.29) is 11.6 Å². The average Bonchev–Trinajstić information content (AvgIpc) is 3.00. The number of allylic oxidation sites excluding steroid dienone is 1. The zero-order valence-electron chi connectivity index (χ0n) is 15.0. The second-order valence-electron chi connectivity index (χ2n) is 6.17. The molecular weight excluding hydrogens is 343 g/mol. The third-order valence-corrected chi connectivity index (χ3v) is 4.73. The first kappa shape index (κ1) is 17.0. The molecule has 0 heterocycles. The largest absolute Gasteiger partial charge is 0.496 e. The van der Waals surface area contributed by atoms with Crippen LogP contribution in [0, 0.1) is 5.82 Å². The van der Waals surface area contributed by atoms with E-state index in [1.54, 1.807) is 32.4 Å². The third kappa shape index (κ3) is 2.70. The van der Waals surface area contributed by atoms with E-state index >= 15 is 0 Å². The van der Waals surface area contributed by atoms with Gasteiger partial charge < -0.3 is 9.47 Å². The van der Waals surface area contributed by atoms with Crippen LogP contribution in [0.5, 0.6) is 11.5 Å². The Morgan fingerprint density at radius 1 is 0.704 bits per heavy atom. The number of hydrogen-bond acceptors (Lipinski definition) is 3. The Morgan fingerprint density at radius 2 is 1.30 bits per heavy atom.